The Morgan fingerprint density at radius 1 is 0.583 bits per heavy atom. The van der Waals surface area contributed by atoms with Gasteiger partial charge in [-0.05, 0) is 12.8 Å². The van der Waals surface area contributed by atoms with E-state index in [0.29, 0.717) is 39.3 Å². The predicted octanol–water partition coefficient (Wildman–Crippen LogP) is 6.44. The summed E-state index contributed by atoms with van der Waals surface area (Å²) in [6.45, 7) is 19.6. The normalized spacial score (nSPS) is 11.4. The third-order valence-corrected chi connectivity index (χ3v) is 13.7. The molecule has 6 rings (SSSR count). The first-order valence-corrected chi connectivity index (χ1v) is 18.7. The average molecular weight is 711 g/mol. The van der Waals surface area contributed by atoms with Crippen LogP contribution >= 0.6 is 45.3 Å². The van der Waals surface area contributed by atoms with E-state index < -0.39 is 22.2 Å². The van der Waals surface area contributed by atoms with Crippen molar-refractivity contribution in [2.24, 2.45) is 0 Å². The summed E-state index contributed by atoms with van der Waals surface area (Å²) in [5, 5.41) is 20.5. The number of aromatic nitrogens is 2. The number of nitriles is 2. The highest BCUT2D eigenvalue weighted by atomic mass is 32.2. The Morgan fingerprint density at radius 3 is 1.25 bits per heavy atom. The molecule has 0 amide bonds. The number of fused-ring (bicyclic) bond motifs is 6. The molecular formula is C34H26N6O4S4. The lowest BCUT2D eigenvalue weighted by molar-refractivity contribution is 0.564. The molecule has 0 radical (unpaired) electrons. The second-order valence-electron chi connectivity index (χ2n) is 11.3. The molecule has 0 saturated carbocycles. The van der Waals surface area contributed by atoms with Crippen LogP contribution in [0.2, 0.25) is 0 Å². The van der Waals surface area contributed by atoms with Gasteiger partial charge in [0.2, 0.25) is 0 Å². The first-order valence-electron chi connectivity index (χ1n) is 15.5. The molecule has 6 aromatic rings. The van der Waals surface area contributed by atoms with Crippen molar-refractivity contribution < 1.29 is 0 Å². The van der Waals surface area contributed by atoms with Gasteiger partial charge in [-0.2, -0.15) is 20.2 Å². The first kappa shape index (κ1) is 33.2. The number of hydrogen-bond donors (Lipinski definition) is 0. The highest BCUT2D eigenvalue weighted by Crippen LogP contribution is 2.44. The maximum absolute atomic E-state index is 14.4. The minimum absolute atomic E-state index is 0.160. The van der Waals surface area contributed by atoms with E-state index in [-0.39, 0.29) is 56.8 Å². The molecule has 0 aliphatic carbocycles. The van der Waals surface area contributed by atoms with Crippen LogP contribution in [0, 0.1) is 35.8 Å². The largest absolute Gasteiger partial charge is 0.546 e. The lowest BCUT2D eigenvalue weighted by atomic mass is 9.96. The van der Waals surface area contributed by atoms with Gasteiger partial charge in [-0.1, -0.05) is 52.4 Å². The van der Waals surface area contributed by atoms with Gasteiger partial charge < -0.3 is 0 Å². The van der Waals surface area contributed by atoms with E-state index in [1.165, 1.54) is 9.13 Å². The fourth-order valence-corrected chi connectivity index (χ4v) is 11.5. The third kappa shape index (κ3) is 5.05. The van der Waals surface area contributed by atoms with Crippen molar-refractivity contribution in [3.63, 3.8) is 0 Å². The summed E-state index contributed by atoms with van der Waals surface area (Å²) in [4.78, 5) is 64.5. The second kappa shape index (κ2) is 13.4. The molecule has 0 aliphatic rings. The molecule has 0 spiro atoms. The Labute approximate surface area is 288 Å². The summed E-state index contributed by atoms with van der Waals surface area (Å²) < 4.78 is 4.61. The standard InChI is InChI=1S/C34H26N6O4S4/c1-5-7-9-11-13-39-29(41)20-18-19-21(25-24(20)45-33(46-25)17(15-35)16-36)30(42)40(14-12-10-8-6-2)32(44)23(19)27-26(22(18)31(39)43)47-34(48-27)28(37-3)38-4/h5-14H2,1-2H3. The molecule has 4 heterocycles. The first-order chi connectivity index (χ1) is 23.3. The van der Waals surface area contributed by atoms with Crippen LogP contribution in [-0.2, 0) is 13.1 Å². The molecule has 14 heteroatoms. The molecule has 240 valence electrons. The van der Waals surface area contributed by atoms with Crippen LogP contribution in [-0.4, -0.2) is 9.13 Å². The molecule has 0 saturated heterocycles. The number of unbranched alkanes of at least 4 members (excludes halogenated alkanes) is 6. The van der Waals surface area contributed by atoms with Gasteiger partial charge in [0.15, 0.2) is 9.42 Å². The van der Waals surface area contributed by atoms with Crippen molar-refractivity contribution in [3.05, 3.63) is 71.9 Å². The van der Waals surface area contributed by atoms with E-state index in [1.807, 2.05) is 12.1 Å². The number of nitrogens with zero attached hydrogens (tertiary/aromatic N) is 6. The van der Waals surface area contributed by atoms with E-state index in [2.05, 4.69) is 23.5 Å². The molecule has 48 heavy (non-hydrogen) atoms. The molecule has 0 fully saturated rings. The summed E-state index contributed by atoms with van der Waals surface area (Å²) in [7, 11) is 0. The molecule has 0 unspecified atom stereocenters. The molecule has 0 atom stereocenters. The van der Waals surface area contributed by atoms with Gasteiger partial charge in [-0.15, -0.1) is 45.3 Å². The zero-order valence-corrected chi connectivity index (χ0v) is 29.3. The smallest absolute Gasteiger partial charge is 0.274 e. The van der Waals surface area contributed by atoms with Crippen LogP contribution in [0.3, 0.4) is 0 Å². The van der Waals surface area contributed by atoms with Crippen LogP contribution in [0.4, 0.5) is 0 Å². The highest BCUT2D eigenvalue weighted by Gasteiger charge is 2.30. The lowest BCUT2D eigenvalue weighted by Crippen LogP contribution is -2.36. The van der Waals surface area contributed by atoms with E-state index in [1.54, 1.807) is 0 Å². The number of rotatable bonds is 10. The number of pyridine rings is 2. The van der Waals surface area contributed by atoms with Crippen molar-refractivity contribution >= 4 is 108 Å². The van der Waals surface area contributed by atoms with Crippen LogP contribution in [0.1, 0.15) is 65.2 Å². The van der Waals surface area contributed by atoms with E-state index >= 15 is 0 Å². The highest BCUT2D eigenvalue weighted by molar-refractivity contribution is 7.38. The second-order valence-corrected chi connectivity index (χ2v) is 15.9. The van der Waals surface area contributed by atoms with Crippen LogP contribution in [0.15, 0.2) is 19.2 Å². The molecule has 0 bridgehead atoms. The van der Waals surface area contributed by atoms with Gasteiger partial charge in [-0.25, -0.2) is 0 Å². The van der Waals surface area contributed by atoms with Gasteiger partial charge in [0, 0.05) is 23.9 Å². The summed E-state index contributed by atoms with van der Waals surface area (Å²) in [5.41, 5.74) is -2.38. The average Bonchev–Trinajstić information content (AvgIpc) is 3.71. The van der Waals surface area contributed by atoms with E-state index in [0.717, 1.165) is 83.9 Å². The Hall–Kier alpha value is -4.70. The van der Waals surface area contributed by atoms with Crippen LogP contribution in [0.25, 0.3) is 72.2 Å². The lowest BCUT2D eigenvalue weighted by Gasteiger charge is -2.16. The molecular weight excluding hydrogens is 685 g/mol. The van der Waals surface area contributed by atoms with Crippen molar-refractivity contribution in [3.8, 4) is 12.1 Å². The maximum Gasteiger partial charge on any atom is 0.546 e. The van der Waals surface area contributed by atoms with Gasteiger partial charge in [-0.3, -0.25) is 28.3 Å². The summed E-state index contributed by atoms with van der Waals surface area (Å²) in [6, 6.07) is 3.82. The monoisotopic (exact) mass is 710 g/mol. The molecule has 0 aliphatic heterocycles. The van der Waals surface area contributed by atoms with E-state index in [9.17, 15) is 29.7 Å². The van der Waals surface area contributed by atoms with E-state index in [4.69, 9.17) is 13.1 Å². The molecule has 4 aromatic heterocycles. The Bertz CT molecular complexity index is 2490. The molecule has 2 aromatic carbocycles. The Balaban J connectivity index is 1.97. The minimum atomic E-state index is -0.557. The number of hydrogen-bond acceptors (Lipinski definition) is 10. The minimum Gasteiger partial charge on any atom is -0.274 e. The van der Waals surface area contributed by atoms with Crippen molar-refractivity contribution in [2.45, 2.75) is 78.3 Å². The predicted molar refractivity (Wildman–Crippen MR) is 197 cm³/mol. The summed E-state index contributed by atoms with van der Waals surface area (Å²) in [6.07, 6.45) is 6.58. The Kier molecular flexibility index (Phi) is 9.29. The molecule has 0 N–H and O–H groups in total. The van der Waals surface area contributed by atoms with Gasteiger partial charge in [0.05, 0.1) is 40.3 Å². The fourth-order valence-electron chi connectivity index (χ4n) is 6.23. The zero-order valence-electron chi connectivity index (χ0n) is 26.0. The van der Waals surface area contributed by atoms with Gasteiger partial charge in [0.1, 0.15) is 29.1 Å². The van der Waals surface area contributed by atoms with Crippen molar-refractivity contribution in [1.29, 1.82) is 10.5 Å². The fraction of sp³-hybridized carbons (Fsp3) is 0.353. The maximum atomic E-state index is 14.4. The van der Waals surface area contributed by atoms with Gasteiger partial charge in [0.25, 0.3) is 22.2 Å². The summed E-state index contributed by atoms with van der Waals surface area (Å²) >= 11 is 4.25. The van der Waals surface area contributed by atoms with Crippen LogP contribution in [0.5, 0.6) is 0 Å². The quantitative estimate of drug-likeness (QED) is 0.0913. The van der Waals surface area contributed by atoms with Crippen molar-refractivity contribution in [1.82, 2.24) is 9.13 Å². The summed E-state index contributed by atoms with van der Waals surface area (Å²) in [5.74, 6) is -0.194. The SMILES string of the molecule is [C-]#[N+]C([N+]#[C-])=c1sc2c(s1)c1c(=O)n(CCCCCC)c(=O)c3c4sc(=C(C#N)C#N)sc4c4c(=O)n(CCCCCC)c(=O)c2c4c31. The number of benzene rings is 2. The zero-order chi connectivity index (χ0) is 34.3. The third-order valence-electron chi connectivity index (χ3n) is 8.48. The van der Waals surface area contributed by atoms with Gasteiger partial charge >= 0.3 is 5.82 Å². The Morgan fingerprint density at radius 2 is 0.938 bits per heavy atom. The molecule has 10 nitrogen and oxygen atoms in total. The van der Waals surface area contributed by atoms with Crippen molar-refractivity contribution in [2.75, 3.05) is 0 Å². The van der Waals surface area contributed by atoms with Crippen LogP contribution < -0.4 is 29.9 Å². The topological polar surface area (TPSA) is 134 Å².